The molecule has 1 rings (SSSR count). The zero-order chi connectivity index (χ0) is 8.69. The molecule has 0 aliphatic carbocycles. The van der Waals surface area contributed by atoms with E-state index >= 15 is 0 Å². The number of hydrogen-bond donors (Lipinski definition) is 0. The van der Waals surface area contributed by atoms with E-state index in [1.165, 1.54) is 0 Å². The maximum atomic E-state index is 10.9. The Balaban J connectivity index is 0.000000461. The molecular weight excluding hydrogens is 140 g/mol. The minimum absolute atomic E-state index is 0.0602. The molecule has 11 heavy (non-hydrogen) atoms. The molecule has 0 bridgehead atoms. The van der Waals surface area contributed by atoms with Gasteiger partial charge in [-0.2, -0.15) is 0 Å². The van der Waals surface area contributed by atoms with Crippen LogP contribution in [0.1, 0.15) is 40.0 Å². The lowest BCUT2D eigenvalue weighted by Crippen LogP contribution is -2.17. The lowest BCUT2D eigenvalue weighted by atomic mass is 10.1. The summed E-state index contributed by atoms with van der Waals surface area (Å²) < 4.78 is 5.16. The van der Waals surface area contributed by atoms with Gasteiger partial charge in [0.1, 0.15) is 6.10 Å². The number of carbonyl (C=O) groups excluding carboxylic acids is 1. The van der Waals surface area contributed by atoms with Crippen molar-refractivity contribution < 1.29 is 9.53 Å². The molecule has 1 saturated heterocycles. The van der Waals surface area contributed by atoms with Gasteiger partial charge in [0.25, 0.3) is 0 Å². The molecule has 0 aromatic carbocycles. The Kier molecular flexibility index (Phi) is 6.13. The van der Waals surface area contributed by atoms with Crippen molar-refractivity contribution in [3.8, 4) is 0 Å². The minimum atomic E-state index is -0.0602. The van der Waals surface area contributed by atoms with E-state index in [4.69, 9.17) is 4.74 Å². The van der Waals surface area contributed by atoms with E-state index in [0.29, 0.717) is 6.42 Å². The van der Waals surface area contributed by atoms with Crippen LogP contribution in [-0.2, 0) is 9.53 Å². The topological polar surface area (TPSA) is 26.3 Å². The van der Waals surface area contributed by atoms with Crippen LogP contribution >= 0.6 is 0 Å². The van der Waals surface area contributed by atoms with E-state index < -0.39 is 0 Å². The van der Waals surface area contributed by atoms with E-state index in [-0.39, 0.29) is 11.9 Å². The van der Waals surface area contributed by atoms with Crippen molar-refractivity contribution in [3.63, 3.8) is 0 Å². The molecule has 0 saturated carbocycles. The molecule has 0 spiro atoms. The van der Waals surface area contributed by atoms with E-state index in [2.05, 4.69) is 0 Å². The molecule has 1 heterocycles. The summed E-state index contributed by atoms with van der Waals surface area (Å²) in [5, 5.41) is 0. The van der Waals surface area contributed by atoms with Gasteiger partial charge in [-0.1, -0.05) is 20.8 Å². The molecule has 0 radical (unpaired) electrons. The highest BCUT2D eigenvalue weighted by molar-refractivity contribution is 5.82. The maximum absolute atomic E-state index is 10.9. The molecule has 2 heteroatoms. The average molecular weight is 158 g/mol. The standard InChI is InChI=1S/C7H12O2.C2H6/c1-2-6(8)7-4-3-5-9-7;1-2/h7H,2-5H2,1H3;1-2H3. The van der Waals surface area contributed by atoms with Crippen LogP contribution in [0.25, 0.3) is 0 Å². The van der Waals surface area contributed by atoms with Crippen molar-refractivity contribution in [2.45, 2.75) is 46.1 Å². The SMILES string of the molecule is CC.CCC(=O)C1CCCO1. The number of ketones is 1. The second-order valence-electron chi connectivity index (χ2n) is 2.32. The van der Waals surface area contributed by atoms with E-state index in [0.717, 1.165) is 19.4 Å². The van der Waals surface area contributed by atoms with Crippen molar-refractivity contribution in [1.82, 2.24) is 0 Å². The average Bonchev–Trinajstić information content (AvgIpc) is 2.59. The smallest absolute Gasteiger partial charge is 0.161 e. The van der Waals surface area contributed by atoms with Gasteiger partial charge in [-0.25, -0.2) is 0 Å². The van der Waals surface area contributed by atoms with E-state index in [1.54, 1.807) is 0 Å². The predicted molar refractivity (Wildman–Crippen MR) is 45.6 cm³/mol. The van der Waals surface area contributed by atoms with Crippen LogP contribution in [0.3, 0.4) is 0 Å². The van der Waals surface area contributed by atoms with Crippen molar-refractivity contribution in [3.05, 3.63) is 0 Å². The van der Waals surface area contributed by atoms with Crippen molar-refractivity contribution in [1.29, 1.82) is 0 Å². The highest BCUT2D eigenvalue weighted by atomic mass is 16.5. The molecule has 0 amide bonds. The van der Waals surface area contributed by atoms with E-state index in [9.17, 15) is 4.79 Å². The Hall–Kier alpha value is -0.370. The lowest BCUT2D eigenvalue weighted by Gasteiger charge is -2.03. The van der Waals surface area contributed by atoms with Crippen molar-refractivity contribution >= 4 is 5.78 Å². The number of carbonyl (C=O) groups is 1. The Morgan fingerprint density at radius 2 is 2.18 bits per heavy atom. The third kappa shape index (κ3) is 3.51. The highest BCUT2D eigenvalue weighted by Gasteiger charge is 2.21. The van der Waals surface area contributed by atoms with Gasteiger partial charge in [-0.05, 0) is 12.8 Å². The summed E-state index contributed by atoms with van der Waals surface area (Å²) in [4.78, 5) is 10.9. The second kappa shape index (κ2) is 6.35. The molecule has 1 unspecified atom stereocenters. The molecule has 0 aromatic heterocycles. The first kappa shape index (κ1) is 10.6. The Bertz CT molecular complexity index is 104. The predicted octanol–water partition coefficient (Wildman–Crippen LogP) is 2.17. The summed E-state index contributed by atoms with van der Waals surface area (Å²) in [6.07, 6.45) is 2.54. The van der Waals surface area contributed by atoms with Gasteiger partial charge in [-0.3, -0.25) is 4.79 Å². The molecule has 1 aliphatic rings. The fourth-order valence-corrected chi connectivity index (χ4v) is 1.06. The second-order valence-corrected chi connectivity index (χ2v) is 2.32. The van der Waals surface area contributed by atoms with Crippen LogP contribution in [0.4, 0.5) is 0 Å². The quantitative estimate of drug-likeness (QED) is 0.615. The van der Waals surface area contributed by atoms with Crippen LogP contribution in [0.5, 0.6) is 0 Å². The zero-order valence-corrected chi connectivity index (χ0v) is 7.72. The summed E-state index contributed by atoms with van der Waals surface area (Å²) in [7, 11) is 0. The Morgan fingerprint density at radius 3 is 2.55 bits per heavy atom. The van der Waals surface area contributed by atoms with Crippen LogP contribution in [0.15, 0.2) is 0 Å². The third-order valence-electron chi connectivity index (χ3n) is 1.64. The first-order valence-corrected chi connectivity index (χ1v) is 4.49. The first-order chi connectivity index (χ1) is 5.34. The monoisotopic (exact) mass is 158 g/mol. The van der Waals surface area contributed by atoms with Crippen LogP contribution in [-0.4, -0.2) is 18.5 Å². The molecular formula is C9H18O2. The molecule has 2 nitrogen and oxygen atoms in total. The zero-order valence-electron chi connectivity index (χ0n) is 7.72. The third-order valence-corrected chi connectivity index (χ3v) is 1.64. The van der Waals surface area contributed by atoms with Crippen molar-refractivity contribution in [2.24, 2.45) is 0 Å². The summed E-state index contributed by atoms with van der Waals surface area (Å²) in [6.45, 7) is 6.65. The van der Waals surface area contributed by atoms with Gasteiger partial charge in [0.2, 0.25) is 0 Å². The first-order valence-electron chi connectivity index (χ1n) is 4.49. The Labute approximate surface area is 68.9 Å². The molecule has 0 aromatic rings. The van der Waals surface area contributed by atoms with Gasteiger partial charge in [0.05, 0.1) is 0 Å². The molecule has 1 fully saturated rings. The summed E-state index contributed by atoms with van der Waals surface area (Å²) >= 11 is 0. The van der Waals surface area contributed by atoms with Gasteiger partial charge < -0.3 is 4.74 Å². The highest BCUT2D eigenvalue weighted by Crippen LogP contribution is 2.13. The number of hydrogen-bond acceptors (Lipinski definition) is 2. The Morgan fingerprint density at radius 1 is 1.55 bits per heavy atom. The number of rotatable bonds is 2. The fraction of sp³-hybridized carbons (Fsp3) is 0.889. The van der Waals surface area contributed by atoms with Crippen LogP contribution < -0.4 is 0 Å². The molecule has 1 atom stereocenters. The van der Waals surface area contributed by atoms with Crippen LogP contribution in [0, 0.1) is 0 Å². The molecule has 66 valence electrons. The largest absolute Gasteiger partial charge is 0.370 e. The van der Waals surface area contributed by atoms with Gasteiger partial charge >= 0.3 is 0 Å². The molecule has 1 aliphatic heterocycles. The van der Waals surface area contributed by atoms with Gasteiger partial charge in [0, 0.05) is 13.0 Å². The number of ether oxygens (including phenoxy) is 1. The van der Waals surface area contributed by atoms with Crippen LogP contribution in [0.2, 0.25) is 0 Å². The summed E-state index contributed by atoms with van der Waals surface area (Å²) in [6, 6.07) is 0. The van der Waals surface area contributed by atoms with Gasteiger partial charge in [-0.15, -0.1) is 0 Å². The van der Waals surface area contributed by atoms with Gasteiger partial charge in [0.15, 0.2) is 5.78 Å². The fourth-order valence-electron chi connectivity index (χ4n) is 1.06. The molecule has 0 N–H and O–H groups in total. The van der Waals surface area contributed by atoms with E-state index in [1.807, 2.05) is 20.8 Å². The normalized spacial score (nSPS) is 22.3. The minimum Gasteiger partial charge on any atom is -0.370 e. The maximum Gasteiger partial charge on any atom is 0.161 e. The summed E-state index contributed by atoms with van der Waals surface area (Å²) in [5.41, 5.74) is 0. The van der Waals surface area contributed by atoms with Crippen molar-refractivity contribution in [2.75, 3.05) is 6.61 Å². The lowest BCUT2D eigenvalue weighted by molar-refractivity contribution is -0.127. The summed E-state index contributed by atoms with van der Waals surface area (Å²) in [5.74, 6) is 0.257. The number of Topliss-reactive ketones (excluding diaryl/α,β-unsaturated/α-hetero) is 1.